The van der Waals surface area contributed by atoms with Crippen molar-refractivity contribution in [3.05, 3.63) is 59.7 Å². The second kappa shape index (κ2) is 7.92. The Morgan fingerprint density at radius 3 is 2.68 bits per heavy atom. The van der Waals surface area contributed by atoms with Crippen LogP contribution in [0.3, 0.4) is 0 Å². The Morgan fingerprint density at radius 1 is 1.16 bits per heavy atom. The fourth-order valence-corrected chi connectivity index (χ4v) is 3.31. The lowest BCUT2D eigenvalue weighted by Gasteiger charge is -2.27. The second-order valence-electron chi connectivity index (χ2n) is 6.10. The number of urea groups is 1. The van der Waals surface area contributed by atoms with E-state index < -0.39 is 0 Å². The number of hydrogen-bond acceptors (Lipinski definition) is 3. The predicted molar refractivity (Wildman–Crippen MR) is 96.9 cm³/mol. The molecule has 1 atom stereocenters. The zero-order chi connectivity index (χ0) is 17.6. The van der Waals surface area contributed by atoms with E-state index in [0.717, 1.165) is 42.0 Å². The van der Waals surface area contributed by atoms with E-state index in [0.29, 0.717) is 6.54 Å². The SMILES string of the molecule is COc1ccc(OC)c(C2CCCN2C(=O)NCc2ccccc2)c1. The normalized spacial score (nSPS) is 16.6. The number of nitrogens with zero attached hydrogens (tertiary/aromatic N) is 1. The van der Waals surface area contributed by atoms with Crippen LogP contribution in [0.25, 0.3) is 0 Å². The van der Waals surface area contributed by atoms with Crippen molar-refractivity contribution >= 4 is 6.03 Å². The van der Waals surface area contributed by atoms with Gasteiger partial charge in [-0.2, -0.15) is 0 Å². The standard InChI is InChI=1S/C20H24N2O3/c1-24-16-10-11-19(25-2)17(13-16)18-9-6-12-22(18)20(23)21-14-15-7-4-3-5-8-15/h3-5,7-8,10-11,13,18H,6,9,12,14H2,1-2H3,(H,21,23). The third-order valence-corrected chi connectivity index (χ3v) is 4.60. The maximum absolute atomic E-state index is 12.7. The third kappa shape index (κ3) is 3.87. The van der Waals surface area contributed by atoms with Crippen LogP contribution in [0, 0.1) is 0 Å². The van der Waals surface area contributed by atoms with E-state index in [1.807, 2.05) is 53.4 Å². The minimum Gasteiger partial charge on any atom is -0.497 e. The molecule has 0 spiro atoms. The Hall–Kier alpha value is -2.69. The molecule has 2 amide bonds. The van der Waals surface area contributed by atoms with Gasteiger partial charge >= 0.3 is 6.03 Å². The smallest absolute Gasteiger partial charge is 0.318 e. The topological polar surface area (TPSA) is 50.8 Å². The Morgan fingerprint density at radius 2 is 1.96 bits per heavy atom. The number of nitrogens with one attached hydrogen (secondary N) is 1. The number of carbonyl (C=O) groups excluding carboxylic acids is 1. The van der Waals surface area contributed by atoms with Crippen LogP contribution in [-0.2, 0) is 6.54 Å². The summed E-state index contributed by atoms with van der Waals surface area (Å²) in [5.74, 6) is 1.56. The number of rotatable bonds is 5. The molecule has 25 heavy (non-hydrogen) atoms. The van der Waals surface area contributed by atoms with Gasteiger partial charge in [0.05, 0.1) is 20.3 Å². The van der Waals surface area contributed by atoms with Gasteiger partial charge in [0.1, 0.15) is 11.5 Å². The first-order valence-corrected chi connectivity index (χ1v) is 8.53. The van der Waals surface area contributed by atoms with Crippen LogP contribution in [-0.4, -0.2) is 31.7 Å². The number of likely N-dealkylation sites (tertiary alicyclic amines) is 1. The molecule has 1 heterocycles. The van der Waals surface area contributed by atoms with Crippen molar-refractivity contribution in [2.24, 2.45) is 0 Å². The molecule has 5 nitrogen and oxygen atoms in total. The highest BCUT2D eigenvalue weighted by Gasteiger charge is 2.32. The minimum atomic E-state index is -0.0452. The summed E-state index contributed by atoms with van der Waals surface area (Å²) >= 11 is 0. The molecular weight excluding hydrogens is 316 g/mol. The Kier molecular flexibility index (Phi) is 5.43. The Labute approximate surface area is 148 Å². The van der Waals surface area contributed by atoms with Crippen LogP contribution < -0.4 is 14.8 Å². The summed E-state index contributed by atoms with van der Waals surface area (Å²) in [6, 6.07) is 15.6. The van der Waals surface area contributed by atoms with Crippen LogP contribution in [0.4, 0.5) is 4.79 Å². The lowest BCUT2D eigenvalue weighted by Crippen LogP contribution is -2.39. The summed E-state index contributed by atoms with van der Waals surface area (Å²) in [6.07, 6.45) is 1.89. The number of hydrogen-bond donors (Lipinski definition) is 1. The number of ether oxygens (including phenoxy) is 2. The van der Waals surface area contributed by atoms with Gasteiger partial charge in [0.2, 0.25) is 0 Å². The lowest BCUT2D eigenvalue weighted by molar-refractivity contribution is 0.191. The van der Waals surface area contributed by atoms with Crippen molar-refractivity contribution in [3.8, 4) is 11.5 Å². The molecule has 3 rings (SSSR count). The van der Waals surface area contributed by atoms with E-state index in [9.17, 15) is 4.79 Å². The van der Waals surface area contributed by atoms with Gasteiger partial charge in [-0.3, -0.25) is 0 Å². The third-order valence-electron chi connectivity index (χ3n) is 4.60. The van der Waals surface area contributed by atoms with Gasteiger partial charge in [-0.15, -0.1) is 0 Å². The molecule has 1 aliphatic rings. The molecule has 132 valence electrons. The number of benzene rings is 2. The molecule has 5 heteroatoms. The maximum Gasteiger partial charge on any atom is 0.318 e. The van der Waals surface area contributed by atoms with Crippen molar-refractivity contribution in [1.82, 2.24) is 10.2 Å². The molecule has 1 fully saturated rings. The van der Waals surface area contributed by atoms with E-state index >= 15 is 0 Å². The van der Waals surface area contributed by atoms with Gasteiger partial charge in [-0.25, -0.2) is 4.79 Å². The number of methoxy groups -OCH3 is 2. The van der Waals surface area contributed by atoms with Crippen LogP contribution in [0.1, 0.15) is 30.0 Å². The van der Waals surface area contributed by atoms with Crippen molar-refractivity contribution in [2.75, 3.05) is 20.8 Å². The van der Waals surface area contributed by atoms with E-state index in [1.54, 1.807) is 14.2 Å². The van der Waals surface area contributed by atoms with Gasteiger partial charge in [0, 0.05) is 18.7 Å². The molecule has 0 aliphatic carbocycles. The Balaban J connectivity index is 1.75. The monoisotopic (exact) mass is 340 g/mol. The average molecular weight is 340 g/mol. The average Bonchev–Trinajstić information content (AvgIpc) is 3.16. The molecule has 2 aromatic carbocycles. The lowest BCUT2D eigenvalue weighted by atomic mass is 10.0. The molecule has 1 saturated heterocycles. The zero-order valence-electron chi connectivity index (χ0n) is 14.7. The van der Waals surface area contributed by atoms with Crippen LogP contribution >= 0.6 is 0 Å². The van der Waals surface area contributed by atoms with Gasteiger partial charge in [-0.05, 0) is 36.6 Å². The summed E-state index contributed by atoms with van der Waals surface area (Å²) in [6.45, 7) is 1.27. The summed E-state index contributed by atoms with van der Waals surface area (Å²) < 4.78 is 10.8. The van der Waals surface area contributed by atoms with Crippen LogP contribution in [0.2, 0.25) is 0 Å². The van der Waals surface area contributed by atoms with E-state index in [1.165, 1.54) is 0 Å². The van der Waals surface area contributed by atoms with Crippen molar-refractivity contribution in [3.63, 3.8) is 0 Å². The molecule has 0 saturated carbocycles. The molecule has 0 aromatic heterocycles. The fraction of sp³-hybridized carbons (Fsp3) is 0.350. The first-order valence-electron chi connectivity index (χ1n) is 8.53. The molecule has 2 aromatic rings. The van der Waals surface area contributed by atoms with Crippen molar-refractivity contribution < 1.29 is 14.3 Å². The molecular formula is C20H24N2O3. The van der Waals surface area contributed by atoms with Crippen molar-refractivity contribution in [2.45, 2.75) is 25.4 Å². The molecule has 1 unspecified atom stereocenters. The highest BCUT2D eigenvalue weighted by Crippen LogP contribution is 2.38. The van der Waals surface area contributed by atoms with Crippen LogP contribution in [0.15, 0.2) is 48.5 Å². The van der Waals surface area contributed by atoms with E-state index in [2.05, 4.69) is 5.32 Å². The summed E-state index contributed by atoms with van der Waals surface area (Å²) in [5.41, 5.74) is 2.08. The van der Waals surface area contributed by atoms with Gasteiger partial charge in [0.15, 0.2) is 0 Å². The fourth-order valence-electron chi connectivity index (χ4n) is 3.31. The highest BCUT2D eigenvalue weighted by atomic mass is 16.5. The van der Waals surface area contributed by atoms with Crippen LogP contribution in [0.5, 0.6) is 11.5 Å². The second-order valence-corrected chi connectivity index (χ2v) is 6.10. The van der Waals surface area contributed by atoms with Gasteiger partial charge in [-0.1, -0.05) is 30.3 Å². The highest BCUT2D eigenvalue weighted by molar-refractivity contribution is 5.75. The summed E-state index contributed by atoms with van der Waals surface area (Å²) in [7, 11) is 3.30. The number of carbonyl (C=O) groups is 1. The van der Waals surface area contributed by atoms with Crippen molar-refractivity contribution in [1.29, 1.82) is 0 Å². The molecule has 0 radical (unpaired) electrons. The largest absolute Gasteiger partial charge is 0.497 e. The summed E-state index contributed by atoms with van der Waals surface area (Å²) in [5, 5.41) is 3.02. The maximum atomic E-state index is 12.7. The first kappa shape index (κ1) is 17.1. The number of amides is 2. The summed E-state index contributed by atoms with van der Waals surface area (Å²) in [4.78, 5) is 14.6. The first-order chi connectivity index (χ1) is 12.2. The Bertz CT molecular complexity index is 718. The minimum absolute atomic E-state index is 0.000762. The zero-order valence-corrected chi connectivity index (χ0v) is 14.7. The molecule has 1 aliphatic heterocycles. The van der Waals surface area contributed by atoms with E-state index in [4.69, 9.17) is 9.47 Å². The van der Waals surface area contributed by atoms with Gasteiger partial charge in [0.25, 0.3) is 0 Å². The van der Waals surface area contributed by atoms with Gasteiger partial charge < -0.3 is 19.7 Å². The van der Waals surface area contributed by atoms with E-state index in [-0.39, 0.29) is 12.1 Å². The molecule has 1 N–H and O–H groups in total. The predicted octanol–water partition coefficient (Wildman–Crippen LogP) is 3.75. The quantitative estimate of drug-likeness (QED) is 0.902. The molecule has 0 bridgehead atoms.